The molecule has 0 radical (unpaired) electrons. The molecule has 2 heterocycles. The van der Waals surface area contributed by atoms with Gasteiger partial charge in [0.05, 0.1) is 7.11 Å². The third kappa shape index (κ3) is 10.8. The van der Waals surface area contributed by atoms with Gasteiger partial charge in [-0.2, -0.15) is 0 Å². The number of hydrogen-bond donors (Lipinski definition) is 0. The van der Waals surface area contributed by atoms with Crippen LogP contribution >= 0.6 is 0 Å². The predicted octanol–water partition coefficient (Wildman–Crippen LogP) is 7.21. The molecule has 244 valence electrons. The molecule has 1 saturated carbocycles. The Morgan fingerprint density at radius 2 is 1.59 bits per heavy atom. The van der Waals surface area contributed by atoms with E-state index in [-0.39, 0.29) is 24.4 Å². The number of methoxy groups -OCH3 is 1. The highest BCUT2D eigenvalue weighted by atomic mass is 16.8. The highest BCUT2D eigenvalue weighted by molar-refractivity contribution is 5.77. The van der Waals surface area contributed by atoms with Crippen molar-refractivity contribution in [2.75, 3.05) is 20.3 Å². The second kappa shape index (κ2) is 18.4. The summed E-state index contributed by atoms with van der Waals surface area (Å²) in [5, 5.41) is 0. The van der Waals surface area contributed by atoms with Crippen molar-refractivity contribution in [3.05, 3.63) is 60.2 Å². The van der Waals surface area contributed by atoms with E-state index >= 15 is 0 Å². The summed E-state index contributed by atoms with van der Waals surface area (Å²) < 4.78 is 35.1. The third-order valence-corrected chi connectivity index (χ3v) is 8.82. The van der Waals surface area contributed by atoms with Crippen molar-refractivity contribution < 1.29 is 38.0 Å². The first kappa shape index (κ1) is 34.4. The molecular weight excluding hydrogens is 560 g/mol. The molecule has 0 spiro atoms. The van der Waals surface area contributed by atoms with E-state index in [0.717, 1.165) is 64.2 Å². The van der Waals surface area contributed by atoms with E-state index in [1.807, 2.05) is 6.07 Å². The molecule has 2 aliphatic heterocycles. The molecule has 5 atom stereocenters. The monoisotopic (exact) mass is 612 g/mol. The first-order valence-electron chi connectivity index (χ1n) is 16.7. The van der Waals surface area contributed by atoms with E-state index in [2.05, 4.69) is 48.6 Å². The van der Waals surface area contributed by atoms with Crippen LogP contribution in [0.1, 0.15) is 96.0 Å². The summed E-state index contributed by atoms with van der Waals surface area (Å²) in [6.45, 7) is 2.67. The maximum atomic E-state index is 13.2. The van der Waals surface area contributed by atoms with Crippen LogP contribution in [0.3, 0.4) is 0 Å². The fraction of sp³-hybridized carbons (Fsp3) is 0.667. The molecule has 0 N–H and O–H groups in total. The zero-order chi connectivity index (χ0) is 31.0. The fourth-order valence-corrected chi connectivity index (χ4v) is 6.50. The lowest BCUT2D eigenvalue weighted by molar-refractivity contribution is -0.352. The van der Waals surface area contributed by atoms with Crippen LogP contribution in [0.25, 0.3) is 0 Å². The van der Waals surface area contributed by atoms with Crippen LogP contribution in [-0.4, -0.2) is 56.7 Å². The number of hydrogen-bond acceptors (Lipinski definition) is 8. The van der Waals surface area contributed by atoms with Gasteiger partial charge in [0.1, 0.15) is 6.10 Å². The number of allylic oxidation sites excluding steroid dienone is 4. The molecule has 1 aliphatic carbocycles. The molecular formula is C36H52O8. The zero-order valence-corrected chi connectivity index (χ0v) is 26.7. The lowest BCUT2D eigenvalue weighted by Gasteiger charge is -2.38. The number of esters is 2. The standard InChI is InChI=1S/C36H52O8/c1-28(37)42-32-24-23-30(19-9-4-8-18-29-16-6-3-7-17-29)31(32)20-10-5-13-25-36(35(38)39-2,43-33-21-11-14-26-40-33)44-34-22-12-15-27-41-34/h3,5-7,9-10,16-17,19,30-34H,4,8,11-15,18,20-27H2,1-2H3/b10-5-,19-9+/t30-,31+,32-,33?,34?,36?/m0/s1. The van der Waals surface area contributed by atoms with E-state index in [1.165, 1.54) is 19.6 Å². The molecule has 8 heteroatoms. The lowest BCUT2D eigenvalue weighted by atomic mass is 9.90. The Morgan fingerprint density at radius 1 is 0.886 bits per heavy atom. The van der Waals surface area contributed by atoms with Crippen LogP contribution in [0.5, 0.6) is 0 Å². The van der Waals surface area contributed by atoms with Crippen molar-refractivity contribution in [1.29, 1.82) is 0 Å². The quantitative estimate of drug-likeness (QED) is 0.0838. The van der Waals surface area contributed by atoms with E-state index in [0.29, 0.717) is 38.4 Å². The lowest BCUT2D eigenvalue weighted by Crippen LogP contribution is -2.51. The van der Waals surface area contributed by atoms with E-state index in [1.54, 1.807) is 0 Å². The van der Waals surface area contributed by atoms with Crippen LogP contribution in [0.2, 0.25) is 0 Å². The predicted molar refractivity (Wildman–Crippen MR) is 167 cm³/mol. The molecule has 4 rings (SSSR count). The molecule has 0 bridgehead atoms. The van der Waals surface area contributed by atoms with Gasteiger partial charge < -0.3 is 28.4 Å². The topological polar surface area (TPSA) is 89.5 Å². The van der Waals surface area contributed by atoms with Crippen molar-refractivity contribution in [2.24, 2.45) is 11.8 Å². The van der Waals surface area contributed by atoms with E-state index in [4.69, 9.17) is 28.4 Å². The number of carbonyl (C=O) groups excluding carboxylic acids is 2. The molecule has 44 heavy (non-hydrogen) atoms. The first-order valence-corrected chi connectivity index (χ1v) is 16.7. The third-order valence-electron chi connectivity index (χ3n) is 8.82. The van der Waals surface area contributed by atoms with E-state index < -0.39 is 24.3 Å². The highest BCUT2D eigenvalue weighted by Crippen LogP contribution is 2.38. The molecule has 1 aromatic rings. The van der Waals surface area contributed by atoms with Gasteiger partial charge in [-0.25, -0.2) is 4.79 Å². The minimum absolute atomic E-state index is 0.0937. The van der Waals surface area contributed by atoms with Gasteiger partial charge in [-0.15, -0.1) is 0 Å². The smallest absolute Gasteiger partial charge is 0.366 e. The van der Waals surface area contributed by atoms with Crippen molar-refractivity contribution >= 4 is 11.9 Å². The molecule has 2 saturated heterocycles. The average Bonchev–Trinajstić information content (AvgIpc) is 3.41. The molecule has 3 aliphatic rings. The maximum Gasteiger partial charge on any atom is 0.366 e. The molecule has 8 nitrogen and oxygen atoms in total. The van der Waals surface area contributed by atoms with Crippen molar-refractivity contribution in [3.63, 3.8) is 0 Å². The van der Waals surface area contributed by atoms with E-state index in [9.17, 15) is 9.59 Å². The molecule has 3 fully saturated rings. The number of carbonyl (C=O) groups is 2. The number of rotatable bonds is 16. The Kier molecular flexibility index (Phi) is 14.4. The number of unbranched alkanes of at least 4 members (excludes halogenated alkanes) is 1. The summed E-state index contributed by atoms with van der Waals surface area (Å²) in [5.41, 5.74) is 1.37. The Balaban J connectivity index is 1.36. The van der Waals surface area contributed by atoms with Gasteiger partial charge in [-0.1, -0.05) is 54.6 Å². The van der Waals surface area contributed by atoms with Crippen LogP contribution in [0.15, 0.2) is 54.6 Å². The van der Waals surface area contributed by atoms with Gasteiger partial charge in [0, 0.05) is 32.5 Å². The summed E-state index contributed by atoms with van der Waals surface area (Å²) in [7, 11) is 1.35. The minimum atomic E-state index is -1.61. The Labute approximate surface area is 263 Å². The number of aryl methyl sites for hydroxylation is 1. The Bertz CT molecular complexity index is 1020. The van der Waals surface area contributed by atoms with Gasteiger partial charge >= 0.3 is 11.9 Å². The SMILES string of the molecule is COC(=O)C(CC/C=C\C[C@H]1[C@@H](OC(C)=O)CC[C@@H]1/C=C/CCCc1ccccc1)(OC1CCCCO1)OC1CCCCO1. The largest absolute Gasteiger partial charge is 0.465 e. The summed E-state index contributed by atoms with van der Waals surface area (Å²) in [6.07, 6.45) is 19.6. The summed E-state index contributed by atoms with van der Waals surface area (Å²) in [5.74, 6) is -1.85. The molecule has 0 aromatic heterocycles. The van der Waals surface area contributed by atoms with Gasteiger partial charge in [0.25, 0.3) is 5.79 Å². The Morgan fingerprint density at radius 3 is 2.20 bits per heavy atom. The summed E-state index contributed by atoms with van der Waals surface area (Å²) >= 11 is 0. The van der Waals surface area contributed by atoms with Gasteiger partial charge in [-0.05, 0) is 95.0 Å². The molecule has 0 amide bonds. The number of ether oxygens (including phenoxy) is 6. The normalized spacial score (nSPS) is 27.4. The Hall–Kier alpha value is -2.52. The van der Waals surface area contributed by atoms with Crippen LogP contribution in [-0.2, 0) is 44.4 Å². The van der Waals surface area contributed by atoms with Crippen molar-refractivity contribution in [1.82, 2.24) is 0 Å². The van der Waals surface area contributed by atoms with Gasteiger partial charge in [-0.3, -0.25) is 4.79 Å². The minimum Gasteiger partial charge on any atom is -0.465 e. The van der Waals surface area contributed by atoms with Crippen molar-refractivity contribution in [2.45, 2.75) is 121 Å². The first-order chi connectivity index (χ1) is 21.5. The number of benzene rings is 1. The van der Waals surface area contributed by atoms with Crippen LogP contribution in [0, 0.1) is 11.8 Å². The molecule has 2 unspecified atom stereocenters. The highest BCUT2D eigenvalue weighted by Gasteiger charge is 2.47. The summed E-state index contributed by atoms with van der Waals surface area (Å²) in [6, 6.07) is 10.6. The maximum absolute atomic E-state index is 13.2. The average molecular weight is 613 g/mol. The van der Waals surface area contributed by atoms with Crippen molar-refractivity contribution in [3.8, 4) is 0 Å². The van der Waals surface area contributed by atoms with Gasteiger partial charge in [0.2, 0.25) is 0 Å². The van der Waals surface area contributed by atoms with Crippen LogP contribution in [0.4, 0.5) is 0 Å². The second-order valence-electron chi connectivity index (χ2n) is 12.2. The van der Waals surface area contributed by atoms with Gasteiger partial charge in [0.15, 0.2) is 12.6 Å². The zero-order valence-electron chi connectivity index (χ0n) is 26.7. The van der Waals surface area contributed by atoms with Crippen LogP contribution < -0.4 is 0 Å². The second-order valence-corrected chi connectivity index (χ2v) is 12.2. The summed E-state index contributed by atoms with van der Waals surface area (Å²) in [4.78, 5) is 25.0. The molecule has 1 aromatic carbocycles. The fourth-order valence-electron chi connectivity index (χ4n) is 6.50.